The van der Waals surface area contributed by atoms with Crippen LogP contribution in [0.4, 0.5) is 0 Å². The lowest BCUT2D eigenvalue weighted by Gasteiger charge is -2.40. The molecule has 0 radical (unpaired) electrons. The van der Waals surface area contributed by atoms with Crippen molar-refractivity contribution < 1.29 is 4.48 Å². The predicted octanol–water partition coefficient (Wildman–Crippen LogP) is 3.50. The predicted molar refractivity (Wildman–Crippen MR) is 73.9 cm³/mol. The molecule has 0 spiro atoms. The van der Waals surface area contributed by atoms with Crippen molar-refractivity contribution >= 4 is 0 Å². The highest BCUT2D eigenvalue weighted by Crippen LogP contribution is 2.22. The van der Waals surface area contributed by atoms with E-state index in [1.807, 2.05) is 0 Å². The molecule has 1 aliphatic rings. The van der Waals surface area contributed by atoms with Gasteiger partial charge < -0.3 is 4.48 Å². The van der Waals surface area contributed by atoms with Gasteiger partial charge in [-0.15, -0.1) is 0 Å². The number of hydrogen-bond acceptors (Lipinski definition) is 0. The van der Waals surface area contributed by atoms with Crippen LogP contribution in [0.15, 0.2) is 30.3 Å². The van der Waals surface area contributed by atoms with E-state index in [-0.39, 0.29) is 0 Å². The van der Waals surface area contributed by atoms with Crippen molar-refractivity contribution in [3.05, 3.63) is 35.9 Å². The van der Waals surface area contributed by atoms with Gasteiger partial charge in [-0.3, -0.25) is 0 Å². The van der Waals surface area contributed by atoms with Gasteiger partial charge in [0, 0.05) is 12.3 Å². The Kier molecular flexibility index (Phi) is 4.22. The Balaban J connectivity index is 1.78. The van der Waals surface area contributed by atoms with Crippen LogP contribution in [0.25, 0.3) is 0 Å². The van der Waals surface area contributed by atoms with Gasteiger partial charge >= 0.3 is 0 Å². The largest absolute Gasteiger partial charge is 0.326 e. The standard InChI is InChI=1S/C16H26N/c1-15-8-6-12-17(2,14-15)13-7-11-16-9-4-3-5-10-16/h3-5,9-10,15H,6-8,11-14H2,1-2H3/q+1/t15-,17-/m1/s1. The topological polar surface area (TPSA) is 0 Å². The van der Waals surface area contributed by atoms with E-state index < -0.39 is 0 Å². The van der Waals surface area contributed by atoms with Gasteiger partial charge in [0.05, 0.1) is 26.7 Å². The van der Waals surface area contributed by atoms with Gasteiger partial charge in [-0.05, 0) is 24.8 Å². The monoisotopic (exact) mass is 232 g/mol. The summed E-state index contributed by atoms with van der Waals surface area (Å²) in [5, 5.41) is 0. The number of likely N-dealkylation sites (tertiary alicyclic amines) is 1. The zero-order valence-electron chi connectivity index (χ0n) is 11.4. The first-order chi connectivity index (χ1) is 8.18. The van der Waals surface area contributed by atoms with Crippen molar-refractivity contribution in [2.75, 3.05) is 26.7 Å². The lowest BCUT2D eigenvalue weighted by atomic mass is 9.97. The highest BCUT2D eigenvalue weighted by molar-refractivity contribution is 5.14. The van der Waals surface area contributed by atoms with Gasteiger partial charge in [-0.2, -0.15) is 0 Å². The molecule has 0 aliphatic carbocycles. The number of aryl methyl sites for hydroxylation is 1. The average molecular weight is 232 g/mol. The number of rotatable bonds is 4. The first-order valence-electron chi connectivity index (χ1n) is 7.05. The summed E-state index contributed by atoms with van der Waals surface area (Å²) < 4.78 is 1.30. The van der Waals surface area contributed by atoms with Crippen LogP contribution in [0.3, 0.4) is 0 Å². The number of quaternary nitrogens is 1. The van der Waals surface area contributed by atoms with Gasteiger partial charge in [0.2, 0.25) is 0 Å². The molecule has 2 rings (SSSR count). The molecular formula is C16H26N+. The van der Waals surface area contributed by atoms with Crippen molar-refractivity contribution in [1.29, 1.82) is 0 Å². The number of hydrogen-bond donors (Lipinski definition) is 0. The molecule has 1 heteroatoms. The van der Waals surface area contributed by atoms with Crippen LogP contribution < -0.4 is 0 Å². The highest BCUT2D eigenvalue weighted by atomic mass is 15.3. The van der Waals surface area contributed by atoms with Gasteiger partial charge in [0.1, 0.15) is 0 Å². The molecule has 0 N–H and O–H groups in total. The smallest absolute Gasteiger partial charge is 0.0810 e. The summed E-state index contributed by atoms with van der Waals surface area (Å²) >= 11 is 0. The molecule has 1 aromatic carbocycles. The minimum absolute atomic E-state index is 0.922. The Morgan fingerprint density at radius 1 is 1.24 bits per heavy atom. The summed E-state index contributed by atoms with van der Waals surface area (Å²) in [5.41, 5.74) is 1.49. The Morgan fingerprint density at radius 2 is 2.00 bits per heavy atom. The third-order valence-electron chi connectivity index (χ3n) is 4.15. The number of nitrogens with zero attached hydrogens (tertiary/aromatic N) is 1. The highest BCUT2D eigenvalue weighted by Gasteiger charge is 2.28. The Morgan fingerprint density at radius 3 is 2.71 bits per heavy atom. The molecule has 1 fully saturated rings. The van der Waals surface area contributed by atoms with Crippen LogP contribution in [0.2, 0.25) is 0 Å². The molecule has 2 atom stereocenters. The summed E-state index contributed by atoms with van der Waals surface area (Å²) in [4.78, 5) is 0. The Bertz CT molecular complexity index is 333. The molecule has 0 amide bonds. The van der Waals surface area contributed by atoms with E-state index in [2.05, 4.69) is 44.3 Å². The van der Waals surface area contributed by atoms with Crippen molar-refractivity contribution in [3.8, 4) is 0 Å². The maximum Gasteiger partial charge on any atom is 0.0810 e. The van der Waals surface area contributed by atoms with Crippen LogP contribution in [0.1, 0.15) is 31.7 Å². The minimum Gasteiger partial charge on any atom is -0.326 e. The second-order valence-corrected chi connectivity index (χ2v) is 6.09. The fourth-order valence-electron chi connectivity index (χ4n) is 3.27. The van der Waals surface area contributed by atoms with Crippen LogP contribution in [0, 0.1) is 5.92 Å². The minimum atomic E-state index is 0.922. The quantitative estimate of drug-likeness (QED) is 0.697. The Hall–Kier alpha value is -0.820. The van der Waals surface area contributed by atoms with E-state index in [0.717, 1.165) is 5.92 Å². The molecule has 17 heavy (non-hydrogen) atoms. The fourth-order valence-corrected chi connectivity index (χ4v) is 3.27. The second kappa shape index (κ2) is 5.68. The molecule has 94 valence electrons. The maximum absolute atomic E-state index is 2.45. The van der Waals surface area contributed by atoms with Gasteiger partial charge in [0.25, 0.3) is 0 Å². The van der Waals surface area contributed by atoms with E-state index in [4.69, 9.17) is 0 Å². The van der Waals surface area contributed by atoms with Gasteiger partial charge in [-0.25, -0.2) is 0 Å². The third-order valence-corrected chi connectivity index (χ3v) is 4.15. The maximum atomic E-state index is 2.45. The van der Waals surface area contributed by atoms with Crippen LogP contribution in [0.5, 0.6) is 0 Å². The molecule has 0 bridgehead atoms. The SMILES string of the molecule is C[C@@H]1CCC[N@+](C)(CCCc2ccccc2)C1. The molecule has 0 saturated carbocycles. The first kappa shape index (κ1) is 12.6. The summed E-state index contributed by atoms with van der Waals surface area (Å²) in [5.74, 6) is 0.922. The van der Waals surface area contributed by atoms with Crippen molar-refractivity contribution in [3.63, 3.8) is 0 Å². The fraction of sp³-hybridized carbons (Fsp3) is 0.625. The van der Waals surface area contributed by atoms with E-state index in [0.29, 0.717) is 0 Å². The molecular weight excluding hydrogens is 206 g/mol. The molecule has 0 aromatic heterocycles. The third kappa shape index (κ3) is 3.85. The molecule has 1 heterocycles. The van der Waals surface area contributed by atoms with Gasteiger partial charge in [-0.1, -0.05) is 37.3 Å². The van der Waals surface area contributed by atoms with Crippen molar-refractivity contribution in [1.82, 2.24) is 0 Å². The summed E-state index contributed by atoms with van der Waals surface area (Å²) in [6.07, 6.45) is 5.42. The van der Waals surface area contributed by atoms with E-state index >= 15 is 0 Å². The molecule has 1 nitrogen and oxygen atoms in total. The zero-order valence-corrected chi connectivity index (χ0v) is 11.4. The lowest BCUT2D eigenvalue weighted by molar-refractivity contribution is -0.917. The summed E-state index contributed by atoms with van der Waals surface area (Å²) in [6.45, 7) is 6.53. The second-order valence-electron chi connectivity index (χ2n) is 6.09. The lowest BCUT2D eigenvalue weighted by Crippen LogP contribution is -2.51. The van der Waals surface area contributed by atoms with Crippen molar-refractivity contribution in [2.24, 2.45) is 5.92 Å². The summed E-state index contributed by atoms with van der Waals surface area (Å²) in [6, 6.07) is 10.9. The molecule has 1 aliphatic heterocycles. The number of benzene rings is 1. The van der Waals surface area contributed by atoms with Gasteiger partial charge in [0.15, 0.2) is 0 Å². The van der Waals surface area contributed by atoms with Crippen LogP contribution in [-0.2, 0) is 6.42 Å². The molecule has 0 unspecified atom stereocenters. The first-order valence-corrected chi connectivity index (χ1v) is 7.05. The summed E-state index contributed by atoms with van der Waals surface area (Å²) in [7, 11) is 2.45. The van der Waals surface area contributed by atoms with Crippen molar-refractivity contribution in [2.45, 2.75) is 32.6 Å². The Labute approximate surface area is 106 Å². The van der Waals surface area contributed by atoms with E-state index in [1.165, 1.54) is 55.4 Å². The molecule has 1 saturated heterocycles. The molecule has 1 aromatic rings. The van der Waals surface area contributed by atoms with E-state index in [9.17, 15) is 0 Å². The average Bonchev–Trinajstić information content (AvgIpc) is 2.30. The van der Waals surface area contributed by atoms with E-state index in [1.54, 1.807) is 0 Å². The van der Waals surface area contributed by atoms with Crippen LogP contribution in [-0.4, -0.2) is 31.2 Å². The normalized spacial score (nSPS) is 29.2. The number of piperidine rings is 1. The van der Waals surface area contributed by atoms with Crippen LogP contribution >= 0.6 is 0 Å². The zero-order chi connectivity index (χ0) is 12.1.